The van der Waals surface area contributed by atoms with Crippen molar-refractivity contribution in [1.82, 2.24) is 4.98 Å². The Hall–Kier alpha value is -4.46. The average molecular weight is 637 g/mol. The lowest BCUT2D eigenvalue weighted by molar-refractivity contribution is -0.384. The van der Waals surface area contributed by atoms with Crippen LogP contribution in [-0.4, -0.2) is 39.5 Å². The first-order valence-electron chi connectivity index (χ1n) is 12.9. The molecular formula is C29H21ClN4O7S2. The maximum Gasteiger partial charge on any atom is 0.305 e. The van der Waals surface area contributed by atoms with Crippen LogP contribution < -0.4 is 19.8 Å². The van der Waals surface area contributed by atoms with Crippen LogP contribution in [0.15, 0.2) is 76.6 Å². The van der Waals surface area contributed by atoms with Crippen molar-refractivity contribution in [3.05, 3.63) is 108 Å². The van der Waals surface area contributed by atoms with Crippen molar-refractivity contribution in [1.29, 1.82) is 0 Å². The van der Waals surface area contributed by atoms with Gasteiger partial charge in [-0.1, -0.05) is 52.9 Å². The van der Waals surface area contributed by atoms with Gasteiger partial charge in [-0.15, -0.1) is 0 Å². The number of H-pyrrole nitrogens is 1. The van der Waals surface area contributed by atoms with Crippen LogP contribution in [0.4, 0.5) is 17.1 Å². The molecular weight excluding hydrogens is 616 g/mol. The number of benzene rings is 3. The second kappa shape index (κ2) is 11.3. The van der Waals surface area contributed by atoms with E-state index < -0.39 is 39.7 Å². The Balaban J connectivity index is 1.36. The number of nitrogens with one attached hydrogen (secondary N) is 2. The fraction of sp³-hybridized carbons (Fsp3) is 0.172. The number of non-ortho nitro benzene ring substituents is 1. The molecule has 4 aromatic rings. The third-order valence-corrected chi connectivity index (χ3v) is 9.86. The van der Waals surface area contributed by atoms with Gasteiger partial charge in [-0.3, -0.25) is 29.3 Å². The molecule has 3 atom stereocenters. The average Bonchev–Trinajstić information content (AvgIpc) is 3.47. The molecule has 43 heavy (non-hydrogen) atoms. The number of amides is 3. The molecule has 2 N–H and O–H groups in total. The van der Waals surface area contributed by atoms with E-state index in [4.69, 9.17) is 16.3 Å². The van der Waals surface area contributed by atoms with E-state index in [1.54, 1.807) is 30.3 Å². The quantitative estimate of drug-likeness (QED) is 0.161. The topological polar surface area (TPSA) is 152 Å². The number of thiazole rings is 1. The van der Waals surface area contributed by atoms with E-state index in [2.05, 4.69) is 10.3 Å². The summed E-state index contributed by atoms with van der Waals surface area (Å²) in [5, 5.41) is 13.8. The number of rotatable bonds is 7. The van der Waals surface area contributed by atoms with Gasteiger partial charge < -0.3 is 15.0 Å². The number of carbonyl (C=O) groups excluding carboxylic acids is 3. The highest BCUT2D eigenvalue weighted by molar-refractivity contribution is 8.00. The Labute approximate surface area is 257 Å². The van der Waals surface area contributed by atoms with E-state index >= 15 is 0 Å². The fourth-order valence-corrected chi connectivity index (χ4v) is 7.95. The number of aromatic nitrogens is 1. The standard InChI is InChI=1S/C29H21ClN4O7S2/c1-14-4-2-3-5-19(14)31-21(35)13-41-20-11-6-15(30)12-18(20)22-23-25(42-26-24(22)43-29(38)32-26)28(37)33(27(23)36)16-7-9-17(10-8-16)34(39)40/h2-12,22-23,25H,13H2,1H3,(H,31,35)(H,32,38)/t22-,23-,25+/m0/s1. The molecule has 0 aliphatic carbocycles. The number of aromatic amines is 1. The molecule has 0 bridgehead atoms. The van der Waals surface area contributed by atoms with Crippen LogP contribution in [0.3, 0.4) is 0 Å². The van der Waals surface area contributed by atoms with E-state index in [1.807, 2.05) is 19.1 Å². The number of nitrogens with zero attached hydrogens (tertiary/aromatic N) is 2. The van der Waals surface area contributed by atoms with Gasteiger partial charge in [-0.05, 0) is 48.9 Å². The van der Waals surface area contributed by atoms with Crippen molar-refractivity contribution in [3.63, 3.8) is 0 Å². The summed E-state index contributed by atoms with van der Waals surface area (Å²) in [6.07, 6.45) is 0. The zero-order chi connectivity index (χ0) is 30.4. The van der Waals surface area contributed by atoms with Gasteiger partial charge in [-0.2, -0.15) is 0 Å². The SMILES string of the molecule is Cc1ccccc1NC(=O)COc1ccc(Cl)cc1[C@@H]1c2sc(=O)[nH]c2S[C@H]2C(=O)N(c3ccc([N+](=O)[O-])cc3)C(=O)[C@@H]12. The molecule has 1 fully saturated rings. The van der Waals surface area contributed by atoms with Crippen molar-refractivity contribution in [3.8, 4) is 5.75 Å². The monoisotopic (exact) mass is 636 g/mol. The van der Waals surface area contributed by atoms with Gasteiger partial charge in [0.1, 0.15) is 11.0 Å². The zero-order valence-corrected chi connectivity index (χ0v) is 24.6. The van der Waals surface area contributed by atoms with Gasteiger partial charge in [0, 0.05) is 39.2 Å². The lowest BCUT2D eigenvalue weighted by Crippen LogP contribution is -2.32. The van der Waals surface area contributed by atoms with Crippen LogP contribution in [0.5, 0.6) is 5.75 Å². The Kier molecular flexibility index (Phi) is 7.54. The lowest BCUT2D eigenvalue weighted by Gasteiger charge is -2.31. The minimum absolute atomic E-state index is 0.181. The zero-order valence-electron chi connectivity index (χ0n) is 22.2. The summed E-state index contributed by atoms with van der Waals surface area (Å²) in [5.74, 6) is -2.95. The summed E-state index contributed by atoms with van der Waals surface area (Å²) < 4.78 is 5.96. The summed E-state index contributed by atoms with van der Waals surface area (Å²) in [6.45, 7) is 1.52. The molecule has 2 aliphatic heterocycles. The fourth-order valence-electron chi connectivity index (χ4n) is 5.27. The number of aryl methyl sites for hydroxylation is 1. The van der Waals surface area contributed by atoms with Crippen molar-refractivity contribution in [2.45, 2.75) is 23.1 Å². The number of nitro benzene ring substituents is 1. The summed E-state index contributed by atoms with van der Waals surface area (Å²) >= 11 is 8.42. The van der Waals surface area contributed by atoms with E-state index in [9.17, 15) is 29.3 Å². The largest absolute Gasteiger partial charge is 0.483 e. The number of fused-ring (bicyclic) bond motifs is 2. The molecule has 3 aromatic carbocycles. The number of anilines is 2. The van der Waals surface area contributed by atoms with E-state index in [0.29, 0.717) is 26.2 Å². The molecule has 6 rings (SSSR count). The second-order valence-electron chi connectivity index (χ2n) is 9.87. The maximum atomic E-state index is 14.0. The van der Waals surface area contributed by atoms with Crippen molar-refractivity contribution in [2.75, 3.05) is 16.8 Å². The summed E-state index contributed by atoms with van der Waals surface area (Å²) in [6, 6.07) is 17.2. The summed E-state index contributed by atoms with van der Waals surface area (Å²) in [7, 11) is 0. The predicted octanol–water partition coefficient (Wildman–Crippen LogP) is 5.12. The third-order valence-electron chi connectivity index (χ3n) is 7.23. The highest BCUT2D eigenvalue weighted by Gasteiger charge is 2.57. The minimum atomic E-state index is -0.951. The van der Waals surface area contributed by atoms with Crippen LogP contribution in [0, 0.1) is 23.0 Å². The van der Waals surface area contributed by atoms with Gasteiger partial charge in [0.2, 0.25) is 11.8 Å². The first-order chi connectivity index (χ1) is 20.6. The highest BCUT2D eigenvalue weighted by Crippen LogP contribution is 2.54. The Bertz CT molecular complexity index is 1860. The number of halogens is 1. The Morgan fingerprint density at radius 3 is 2.56 bits per heavy atom. The number of hydrogen-bond donors (Lipinski definition) is 2. The number of para-hydroxylation sites is 1. The lowest BCUT2D eigenvalue weighted by atomic mass is 9.82. The molecule has 11 nitrogen and oxygen atoms in total. The smallest absolute Gasteiger partial charge is 0.305 e. The summed E-state index contributed by atoms with van der Waals surface area (Å²) in [4.78, 5) is 67.5. The van der Waals surface area contributed by atoms with Gasteiger partial charge >= 0.3 is 4.87 Å². The molecule has 2 aliphatic rings. The van der Waals surface area contributed by atoms with Gasteiger partial charge in [-0.25, -0.2) is 4.90 Å². The molecule has 0 spiro atoms. The van der Waals surface area contributed by atoms with Crippen molar-refractivity contribution >= 4 is 69.5 Å². The Morgan fingerprint density at radius 2 is 1.84 bits per heavy atom. The number of thioether (sulfide) groups is 1. The van der Waals surface area contributed by atoms with E-state index in [-0.39, 0.29) is 28.6 Å². The number of ether oxygens (including phenoxy) is 1. The minimum Gasteiger partial charge on any atom is -0.483 e. The van der Waals surface area contributed by atoms with Crippen LogP contribution in [0.1, 0.15) is 21.9 Å². The first-order valence-corrected chi connectivity index (χ1v) is 15.0. The van der Waals surface area contributed by atoms with Gasteiger partial charge in [0.15, 0.2) is 6.61 Å². The van der Waals surface area contributed by atoms with Crippen molar-refractivity contribution < 1.29 is 24.0 Å². The van der Waals surface area contributed by atoms with Crippen molar-refractivity contribution in [2.24, 2.45) is 5.92 Å². The Morgan fingerprint density at radius 1 is 1.09 bits per heavy atom. The number of hydrogen-bond acceptors (Lipinski definition) is 9. The number of nitro groups is 1. The van der Waals surface area contributed by atoms with E-state index in [0.717, 1.165) is 33.6 Å². The third kappa shape index (κ3) is 5.31. The number of imide groups is 1. The molecule has 218 valence electrons. The molecule has 1 saturated heterocycles. The summed E-state index contributed by atoms with van der Waals surface area (Å²) in [5.41, 5.74) is 1.98. The molecule has 0 unspecified atom stereocenters. The van der Waals surface area contributed by atoms with Gasteiger partial charge in [0.05, 0.1) is 21.6 Å². The van der Waals surface area contributed by atoms with E-state index in [1.165, 1.54) is 24.3 Å². The second-order valence-corrected chi connectivity index (χ2v) is 12.5. The number of carbonyl (C=O) groups is 3. The van der Waals surface area contributed by atoms with Gasteiger partial charge in [0.25, 0.3) is 11.6 Å². The van der Waals surface area contributed by atoms with Crippen LogP contribution >= 0.6 is 34.7 Å². The van der Waals surface area contributed by atoms with Crippen LogP contribution in [0.2, 0.25) is 5.02 Å². The predicted molar refractivity (Wildman–Crippen MR) is 162 cm³/mol. The normalized spacial score (nSPS) is 19.1. The molecule has 14 heteroatoms. The molecule has 3 amide bonds. The molecule has 0 radical (unpaired) electrons. The van der Waals surface area contributed by atoms with Crippen LogP contribution in [-0.2, 0) is 14.4 Å². The molecule has 1 aromatic heterocycles. The maximum absolute atomic E-state index is 14.0. The molecule has 0 saturated carbocycles. The molecule has 3 heterocycles. The van der Waals surface area contributed by atoms with Crippen LogP contribution in [0.25, 0.3) is 0 Å². The highest BCUT2D eigenvalue weighted by atomic mass is 35.5. The first kappa shape index (κ1) is 28.6.